The van der Waals surface area contributed by atoms with E-state index in [1.807, 2.05) is 0 Å². The van der Waals surface area contributed by atoms with Gasteiger partial charge in [-0.2, -0.15) is 16.7 Å². The molecule has 4 saturated carbocycles. The standard InChI is InChI=1S/C22H36N2O2S/c1-21-8-6-14(27-11-3-10-23)12-18(21)19(24-26)13-15-16-4-5-20(25)22(16,2)9-7-17(15)21/h14-19H,3-13,23H2,1-2H3/t14-,15-,16-,17-,18?,19?,21+,22-/m0/s1. The van der Waals surface area contributed by atoms with Crippen LogP contribution >= 0.6 is 11.8 Å². The van der Waals surface area contributed by atoms with Crippen molar-refractivity contribution >= 4 is 17.5 Å². The van der Waals surface area contributed by atoms with E-state index in [2.05, 4.69) is 30.8 Å². The molecule has 152 valence electrons. The second kappa shape index (κ2) is 7.44. The highest BCUT2D eigenvalue weighted by atomic mass is 32.2. The first-order valence-electron chi connectivity index (χ1n) is 11.1. The summed E-state index contributed by atoms with van der Waals surface area (Å²) in [5, 5.41) is 4.35. The minimum absolute atomic E-state index is 0.0489. The van der Waals surface area contributed by atoms with E-state index in [1.54, 1.807) is 0 Å². The van der Waals surface area contributed by atoms with E-state index < -0.39 is 0 Å². The van der Waals surface area contributed by atoms with Crippen LogP contribution in [0.1, 0.15) is 71.6 Å². The lowest BCUT2D eigenvalue weighted by molar-refractivity contribution is -0.140. The molecule has 0 spiro atoms. The van der Waals surface area contributed by atoms with Gasteiger partial charge in [0.05, 0.1) is 6.04 Å². The normalized spacial score (nSPS) is 49.2. The van der Waals surface area contributed by atoms with E-state index in [0.29, 0.717) is 34.7 Å². The SMILES string of the molecule is C[C@]12CC[C@H](SCCCN)CC1C(N=O)C[C@@H]1[C@@H]2CC[C@]2(C)C(=O)CC[C@@H]12. The zero-order valence-corrected chi connectivity index (χ0v) is 17.8. The molecule has 0 aromatic heterocycles. The molecular formula is C22H36N2O2S. The van der Waals surface area contributed by atoms with E-state index in [9.17, 15) is 9.70 Å². The van der Waals surface area contributed by atoms with Crippen molar-refractivity contribution in [3.8, 4) is 0 Å². The van der Waals surface area contributed by atoms with Gasteiger partial charge in [-0.05, 0) is 92.8 Å². The second-order valence-electron chi connectivity index (χ2n) is 10.2. The van der Waals surface area contributed by atoms with Crippen LogP contribution in [0.4, 0.5) is 0 Å². The molecule has 0 aromatic rings. The number of hydrogen-bond donors (Lipinski definition) is 1. The fraction of sp³-hybridized carbons (Fsp3) is 0.955. The van der Waals surface area contributed by atoms with Crippen LogP contribution < -0.4 is 5.73 Å². The number of carbonyl (C=O) groups excluding carboxylic acids is 1. The van der Waals surface area contributed by atoms with Gasteiger partial charge in [0.25, 0.3) is 0 Å². The minimum atomic E-state index is -0.118. The smallest absolute Gasteiger partial charge is 0.139 e. The third kappa shape index (κ3) is 3.11. The summed E-state index contributed by atoms with van der Waals surface area (Å²) in [6.45, 7) is 5.45. The number of fused-ring (bicyclic) bond motifs is 5. The van der Waals surface area contributed by atoms with Gasteiger partial charge >= 0.3 is 0 Å². The summed E-state index contributed by atoms with van der Waals surface area (Å²) in [6.07, 6.45) is 9.68. The van der Waals surface area contributed by atoms with Crippen LogP contribution in [0.3, 0.4) is 0 Å². The predicted octanol–water partition coefficient (Wildman–Crippen LogP) is 4.79. The maximum atomic E-state index is 12.6. The number of nitrogens with zero attached hydrogens (tertiary/aromatic N) is 1. The molecule has 4 nitrogen and oxygen atoms in total. The Bertz CT molecular complexity index is 599. The summed E-state index contributed by atoms with van der Waals surface area (Å²) < 4.78 is 0. The zero-order valence-electron chi connectivity index (χ0n) is 17.0. The van der Waals surface area contributed by atoms with E-state index in [-0.39, 0.29) is 16.9 Å². The van der Waals surface area contributed by atoms with Crippen molar-refractivity contribution in [3.63, 3.8) is 0 Å². The van der Waals surface area contributed by atoms with Gasteiger partial charge in [0.15, 0.2) is 0 Å². The van der Waals surface area contributed by atoms with Crippen LogP contribution in [0, 0.1) is 39.4 Å². The van der Waals surface area contributed by atoms with Gasteiger partial charge in [-0.15, -0.1) is 0 Å². The van der Waals surface area contributed by atoms with Crippen LogP contribution in [0.25, 0.3) is 0 Å². The highest BCUT2D eigenvalue weighted by Crippen LogP contribution is 2.66. The predicted molar refractivity (Wildman–Crippen MR) is 112 cm³/mol. The second-order valence-corrected chi connectivity index (χ2v) is 11.6. The molecule has 0 aromatic carbocycles. The molecule has 0 amide bonds. The lowest BCUT2D eigenvalue weighted by Crippen LogP contribution is -2.57. The topological polar surface area (TPSA) is 72.5 Å². The number of nitroso groups, excluding NO2 is 1. The maximum Gasteiger partial charge on any atom is 0.139 e. The number of hydrogen-bond acceptors (Lipinski definition) is 5. The van der Waals surface area contributed by atoms with Gasteiger partial charge < -0.3 is 5.73 Å². The first-order chi connectivity index (χ1) is 12.9. The number of Topliss-reactive ketones (excluding diaryl/α,β-unsaturated/α-hetero) is 1. The van der Waals surface area contributed by atoms with Gasteiger partial charge in [-0.3, -0.25) is 4.79 Å². The van der Waals surface area contributed by atoms with Crippen LogP contribution in [-0.2, 0) is 4.79 Å². The summed E-state index contributed by atoms with van der Waals surface area (Å²) in [4.78, 5) is 24.5. The highest BCUT2D eigenvalue weighted by molar-refractivity contribution is 7.99. The Morgan fingerprint density at radius 3 is 2.67 bits per heavy atom. The average molecular weight is 393 g/mol. The summed E-state index contributed by atoms with van der Waals surface area (Å²) >= 11 is 2.07. The molecule has 2 N–H and O–H groups in total. The number of nitrogens with two attached hydrogens (primary N) is 1. The van der Waals surface area contributed by atoms with Crippen molar-refractivity contribution < 1.29 is 4.79 Å². The molecule has 4 rings (SSSR count). The molecule has 0 radical (unpaired) electrons. The Morgan fingerprint density at radius 2 is 1.93 bits per heavy atom. The lowest BCUT2D eigenvalue weighted by Gasteiger charge is -2.61. The average Bonchev–Trinajstić information content (AvgIpc) is 2.96. The molecule has 4 fully saturated rings. The molecule has 0 aliphatic heterocycles. The Balaban J connectivity index is 1.55. The van der Waals surface area contributed by atoms with Gasteiger partial charge in [0.1, 0.15) is 5.78 Å². The lowest BCUT2D eigenvalue weighted by atomic mass is 9.44. The maximum absolute atomic E-state index is 12.6. The monoisotopic (exact) mass is 392 g/mol. The van der Waals surface area contributed by atoms with Crippen LogP contribution in [0.15, 0.2) is 5.18 Å². The van der Waals surface area contributed by atoms with Gasteiger partial charge in [-0.1, -0.05) is 19.0 Å². The van der Waals surface area contributed by atoms with E-state index in [0.717, 1.165) is 50.8 Å². The summed E-state index contributed by atoms with van der Waals surface area (Å²) in [7, 11) is 0. The van der Waals surface area contributed by atoms with Crippen molar-refractivity contribution in [2.24, 2.45) is 45.4 Å². The molecular weight excluding hydrogens is 356 g/mol. The molecule has 0 heterocycles. The zero-order chi connectivity index (χ0) is 19.2. The summed E-state index contributed by atoms with van der Waals surface area (Å²) in [5.74, 6) is 3.75. The summed E-state index contributed by atoms with van der Waals surface area (Å²) in [6, 6.07) is -0.0489. The van der Waals surface area contributed by atoms with Crippen LogP contribution in [-0.4, -0.2) is 29.4 Å². The fourth-order valence-corrected chi connectivity index (χ4v) is 8.93. The third-order valence-electron chi connectivity index (χ3n) is 9.18. The first kappa shape index (κ1) is 19.9. The third-order valence-corrected chi connectivity index (χ3v) is 10.6. The minimum Gasteiger partial charge on any atom is -0.330 e. The Kier molecular flexibility index (Phi) is 5.48. The number of carbonyl (C=O) groups is 1. The molecule has 5 heteroatoms. The van der Waals surface area contributed by atoms with Gasteiger partial charge in [-0.25, -0.2) is 0 Å². The number of ketones is 1. The summed E-state index contributed by atoms with van der Waals surface area (Å²) in [5.41, 5.74) is 5.77. The molecule has 0 bridgehead atoms. The van der Waals surface area contributed by atoms with Gasteiger partial charge in [0.2, 0.25) is 0 Å². The molecule has 4 aliphatic rings. The molecule has 27 heavy (non-hydrogen) atoms. The quantitative estimate of drug-likeness (QED) is 0.539. The highest BCUT2D eigenvalue weighted by Gasteiger charge is 2.62. The fourth-order valence-electron chi connectivity index (χ4n) is 7.63. The van der Waals surface area contributed by atoms with Crippen LogP contribution in [0.5, 0.6) is 0 Å². The van der Waals surface area contributed by atoms with Crippen molar-refractivity contribution in [1.29, 1.82) is 0 Å². The van der Waals surface area contributed by atoms with Crippen molar-refractivity contribution in [2.75, 3.05) is 12.3 Å². The van der Waals surface area contributed by atoms with Crippen molar-refractivity contribution in [3.05, 3.63) is 4.91 Å². The van der Waals surface area contributed by atoms with E-state index >= 15 is 0 Å². The molecule has 4 aliphatic carbocycles. The van der Waals surface area contributed by atoms with E-state index in [1.165, 1.54) is 19.3 Å². The molecule has 0 saturated heterocycles. The van der Waals surface area contributed by atoms with Gasteiger partial charge in [0, 0.05) is 17.1 Å². The van der Waals surface area contributed by atoms with Crippen molar-refractivity contribution in [2.45, 2.75) is 82.9 Å². The Morgan fingerprint density at radius 1 is 1.11 bits per heavy atom. The number of thioether (sulfide) groups is 1. The van der Waals surface area contributed by atoms with E-state index in [4.69, 9.17) is 5.73 Å². The molecule has 2 unspecified atom stereocenters. The van der Waals surface area contributed by atoms with Crippen molar-refractivity contribution in [1.82, 2.24) is 0 Å². The van der Waals surface area contributed by atoms with Crippen LogP contribution in [0.2, 0.25) is 0 Å². The number of rotatable bonds is 5. The molecule has 8 atom stereocenters. The Hall–Kier alpha value is -0.420. The first-order valence-corrected chi connectivity index (χ1v) is 12.2. The largest absolute Gasteiger partial charge is 0.330 e. The Labute approximate surface area is 168 Å².